The summed E-state index contributed by atoms with van der Waals surface area (Å²) in [5.74, 6) is -0.437. The zero-order valence-electron chi connectivity index (χ0n) is 12.5. The SMILES string of the molecule is COc1ccc(C(=O)C(C)OC(=O)c2c(Cl)cccc2Cl)cc1. The van der Waals surface area contributed by atoms with Crippen LogP contribution in [0, 0.1) is 0 Å². The van der Waals surface area contributed by atoms with E-state index in [1.54, 1.807) is 30.3 Å². The van der Waals surface area contributed by atoms with E-state index in [2.05, 4.69) is 0 Å². The Morgan fingerprint density at radius 1 is 1.00 bits per heavy atom. The predicted octanol–water partition coefficient (Wildman–Crippen LogP) is 4.43. The van der Waals surface area contributed by atoms with Gasteiger partial charge in [0.25, 0.3) is 0 Å². The summed E-state index contributed by atoms with van der Waals surface area (Å²) < 4.78 is 10.2. The highest BCUT2D eigenvalue weighted by Crippen LogP contribution is 2.25. The minimum absolute atomic E-state index is 0.0465. The van der Waals surface area contributed by atoms with Crippen molar-refractivity contribution in [2.45, 2.75) is 13.0 Å². The quantitative estimate of drug-likeness (QED) is 0.589. The molecule has 6 heteroatoms. The number of benzene rings is 2. The molecule has 2 aromatic carbocycles. The first-order chi connectivity index (χ1) is 10.9. The Bertz CT molecular complexity index is 706. The van der Waals surface area contributed by atoms with Crippen molar-refractivity contribution in [2.75, 3.05) is 7.11 Å². The summed E-state index contributed by atoms with van der Waals surface area (Å²) in [5, 5.41) is 0.346. The van der Waals surface area contributed by atoms with Gasteiger partial charge in [-0.2, -0.15) is 0 Å². The zero-order valence-corrected chi connectivity index (χ0v) is 14.0. The van der Waals surface area contributed by atoms with Crippen molar-refractivity contribution in [2.24, 2.45) is 0 Å². The van der Waals surface area contributed by atoms with Crippen molar-refractivity contribution in [1.82, 2.24) is 0 Å². The van der Waals surface area contributed by atoms with Crippen molar-refractivity contribution in [3.63, 3.8) is 0 Å². The number of Topliss-reactive ketones (excluding diaryl/α,β-unsaturated/α-hetero) is 1. The molecule has 0 bridgehead atoms. The Balaban J connectivity index is 2.12. The fourth-order valence-corrected chi connectivity index (χ4v) is 2.51. The smallest absolute Gasteiger partial charge is 0.341 e. The van der Waals surface area contributed by atoms with Crippen LogP contribution < -0.4 is 4.74 Å². The van der Waals surface area contributed by atoms with E-state index in [1.165, 1.54) is 26.2 Å². The molecule has 0 radical (unpaired) electrons. The Hall–Kier alpha value is -2.04. The van der Waals surface area contributed by atoms with Crippen LogP contribution in [0.3, 0.4) is 0 Å². The molecule has 0 heterocycles. The molecule has 0 aromatic heterocycles. The lowest BCUT2D eigenvalue weighted by Gasteiger charge is -2.14. The van der Waals surface area contributed by atoms with Crippen LogP contribution in [-0.2, 0) is 4.74 Å². The fourth-order valence-electron chi connectivity index (χ4n) is 1.96. The summed E-state index contributed by atoms with van der Waals surface area (Å²) in [6.07, 6.45) is -0.969. The molecule has 4 nitrogen and oxygen atoms in total. The van der Waals surface area contributed by atoms with E-state index < -0.39 is 12.1 Å². The number of halogens is 2. The van der Waals surface area contributed by atoms with Crippen LogP contribution in [0.5, 0.6) is 5.75 Å². The van der Waals surface area contributed by atoms with Crippen LogP contribution in [0.15, 0.2) is 42.5 Å². The van der Waals surface area contributed by atoms with E-state index in [9.17, 15) is 9.59 Å². The van der Waals surface area contributed by atoms with Gasteiger partial charge in [-0.25, -0.2) is 4.79 Å². The Morgan fingerprint density at radius 3 is 2.09 bits per heavy atom. The second-order valence-electron chi connectivity index (χ2n) is 4.74. The molecule has 0 aliphatic carbocycles. The highest BCUT2D eigenvalue weighted by Gasteiger charge is 2.23. The van der Waals surface area contributed by atoms with Gasteiger partial charge >= 0.3 is 5.97 Å². The molecule has 0 spiro atoms. The monoisotopic (exact) mass is 352 g/mol. The van der Waals surface area contributed by atoms with Gasteiger partial charge in [-0.3, -0.25) is 4.79 Å². The first-order valence-electron chi connectivity index (χ1n) is 6.77. The van der Waals surface area contributed by atoms with Crippen LogP contribution in [0.4, 0.5) is 0 Å². The van der Waals surface area contributed by atoms with Gasteiger partial charge in [0, 0.05) is 5.56 Å². The maximum Gasteiger partial charge on any atom is 0.341 e. The molecule has 2 aromatic rings. The van der Waals surface area contributed by atoms with Gasteiger partial charge in [-0.05, 0) is 43.3 Å². The third-order valence-corrected chi connectivity index (χ3v) is 3.82. The number of carbonyl (C=O) groups is 2. The summed E-state index contributed by atoms with van der Waals surface area (Å²) in [7, 11) is 1.54. The normalized spacial score (nSPS) is 11.7. The summed E-state index contributed by atoms with van der Waals surface area (Å²) in [6.45, 7) is 1.50. The second kappa shape index (κ2) is 7.49. The number of ketones is 1. The summed E-state index contributed by atoms with van der Waals surface area (Å²) in [4.78, 5) is 24.5. The minimum Gasteiger partial charge on any atom is -0.497 e. The number of ether oxygens (including phenoxy) is 2. The largest absolute Gasteiger partial charge is 0.497 e. The highest BCUT2D eigenvalue weighted by molar-refractivity contribution is 6.39. The number of hydrogen-bond donors (Lipinski definition) is 0. The van der Waals surface area contributed by atoms with E-state index in [4.69, 9.17) is 32.7 Å². The number of carbonyl (C=O) groups excluding carboxylic acids is 2. The third-order valence-electron chi connectivity index (χ3n) is 3.19. The molecule has 23 heavy (non-hydrogen) atoms. The third kappa shape index (κ3) is 4.03. The zero-order chi connectivity index (χ0) is 17.0. The van der Waals surface area contributed by atoms with Gasteiger partial charge in [-0.1, -0.05) is 29.3 Å². The molecule has 0 aliphatic rings. The maximum atomic E-state index is 12.3. The average Bonchev–Trinajstić information content (AvgIpc) is 2.54. The number of esters is 1. The Morgan fingerprint density at radius 2 is 1.57 bits per heavy atom. The number of rotatable bonds is 5. The van der Waals surface area contributed by atoms with Crippen molar-refractivity contribution in [3.05, 3.63) is 63.6 Å². The van der Waals surface area contributed by atoms with Crippen molar-refractivity contribution >= 4 is 35.0 Å². The molecule has 0 saturated heterocycles. The van der Waals surface area contributed by atoms with Crippen molar-refractivity contribution in [1.29, 1.82) is 0 Å². The van der Waals surface area contributed by atoms with Gasteiger partial charge in [-0.15, -0.1) is 0 Å². The predicted molar refractivity (Wildman–Crippen MR) is 88.7 cm³/mol. The molecular formula is C17H14Cl2O4. The molecule has 0 saturated carbocycles. The second-order valence-corrected chi connectivity index (χ2v) is 5.55. The van der Waals surface area contributed by atoms with Crippen LogP contribution >= 0.6 is 23.2 Å². The lowest BCUT2D eigenvalue weighted by Crippen LogP contribution is -2.24. The molecule has 0 N–H and O–H groups in total. The number of hydrogen-bond acceptors (Lipinski definition) is 4. The van der Waals surface area contributed by atoms with Gasteiger partial charge in [0.05, 0.1) is 22.7 Å². The molecule has 120 valence electrons. The maximum absolute atomic E-state index is 12.3. The lowest BCUT2D eigenvalue weighted by molar-refractivity contribution is 0.0319. The number of methoxy groups -OCH3 is 1. The average molecular weight is 353 g/mol. The van der Waals surface area contributed by atoms with Crippen LogP contribution in [-0.4, -0.2) is 25.0 Å². The van der Waals surface area contributed by atoms with Gasteiger partial charge in [0.2, 0.25) is 5.78 Å². The van der Waals surface area contributed by atoms with Crippen LogP contribution in [0.25, 0.3) is 0 Å². The molecule has 0 amide bonds. The van der Waals surface area contributed by atoms with Crippen LogP contribution in [0.2, 0.25) is 10.0 Å². The van der Waals surface area contributed by atoms with E-state index in [0.717, 1.165) is 0 Å². The van der Waals surface area contributed by atoms with E-state index in [1.807, 2.05) is 0 Å². The highest BCUT2D eigenvalue weighted by atomic mass is 35.5. The minimum atomic E-state index is -0.969. The lowest BCUT2D eigenvalue weighted by atomic mass is 10.1. The first-order valence-corrected chi connectivity index (χ1v) is 7.53. The summed E-state index contributed by atoms with van der Waals surface area (Å²) in [6, 6.07) is 11.2. The molecule has 2 rings (SSSR count). The van der Waals surface area contributed by atoms with Crippen molar-refractivity contribution in [3.8, 4) is 5.75 Å². The molecule has 1 atom stereocenters. The summed E-state index contributed by atoms with van der Waals surface area (Å²) in [5.41, 5.74) is 0.460. The van der Waals surface area contributed by atoms with Gasteiger partial charge < -0.3 is 9.47 Å². The molecule has 1 unspecified atom stereocenters. The van der Waals surface area contributed by atoms with E-state index in [0.29, 0.717) is 11.3 Å². The fraction of sp³-hybridized carbons (Fsp3) is 0.176. The van der Waals surface area contributed by atoms with Gasteiger partial charge in [0.1, 0.15) is 5.75 Å². The van der Waals surface area contributed by atoms with Crippen molar-refractivity contribution < 1.29 is 19.1 Å². The standard InChI is InChI=1S/C17H14Cl2O4/c1-10(16(20)11-6-8-12(22-2)9-7-11)23-17(21)15-13(18)4-3-5-14(15)19/h3-10H,1-2H3. The Labute approximate surface area is 143 Å². The van der Waals surface area contributed by atoms with Gasteiger partial charge in [0.15, 0.2) is 6.10 Å². The van der Waals surface area contributed by atoms with Crippen LogP contribution in [0.1, 0.15) is 27.6 Å². The topological polar surface area (TPSA) is 52.6 Å². The summed E-state index contributed by atoms with van der Waals surface area (Å²) >= 11 is 11.9. The Kier molecular flexibility index (Phi) is 5.64. The van der Waals surface area contributed by atoms with E-state index >= 15 is 0 Å². The molecule has 0 fully saturated rings. The molecule has 0 aliphatic heterocycles. The molecular weight excluding hydrogens is 339 g/mol. The van der Waals surface area contributed by atoms with E-state index in [-0.39, 0.29) is 21.4 Å². The first kappa shape index (κ1) is 17.3.